The van der Waals surface area contributed by atoms with Gasteiger partial charge in [0.25, 0.3) is 5.91 Å². The van der Waals surface area contributed by atoms with Crippen LogP contribution >= 0.6 is 24.0 Å². The third kappa shape index (κ3) is 3.52. The minimum Gasteiger partial charge on any atom is -0.480 e. The number of rotatable bonds is 4. The summed E-state index contributed by atoms with van der Waals surface area (Å²) in [6.45, 7) is 3.44. The highest BCUT2D eigenvalue weighted by Gasteiger charge is 2.38. The van der Waals surface area contributed by atoms with Gasteiger partial charge in [0.1, 0.15) is 21.9 Å². The predicted octanol–water partition coefficient (Wildman–Crippen LogP) is 3.93. The Morgan fingerprint density at radius 3 is 2.60 bits per heavy atom. The van der Waals surface area contributed by atoms with Crippen LogP contribution in [0.5, 0.6) is 0 Å². The van der Waals surface area contributed by atoms with Gasteiger partial charge in [-0.05, 0) is 26.0 Å². The SMILES string of the molecule is Cc1ccc(-c2ccc(/C=C3\SC(=S)N(C(C)C(=O)O)C3=O)o2)cc1. The van der Waals surface area contributed by atoms with Crippen LogP contribution in [0.25, 0.3) is 17.4 Å². The van der Waals surface area contributed by atoms with Crippen molar-refractivity contribution >= 4 is 46.3 Å². The molecule has 5 nitrogen and oxygen atoms in total. The molecule has 1 unspecified atom stereocenters. The largest absolute Gasteiger partial charge is 0.480 e. The number of carbonyl (C=O) groups excluding carboxylic acids is 1. The van der Waals surface area contributed by atoms with Crippen molar-refractivity contribution in [2.45, 2.75) is 19.9 Å². The fourth-order valence-corrected chi connectivity index (χ4v) is 3.76. The van der Waals surface area contributed by atoms with Crippen molar-refractivity contribution < 1.29 is 19.1 Å². The van der Waals surface area contributed by atoms with Gasteiger partial charge in [-0.25, -0.2) is 4.79 Å². The lowest BCUT2D eigenvalue weighted by Gasteiger charge is -2.18. The number of benzene rings is 1. The lowest BCUT2D eigenvalue weighted by Crippen LogP contribution is -2.41. The zero-order valence-corrected chi connectivity index (χ0v) is 15.2. The standard InChI is InChI=1S/C18H15NO4S2/c1-10-3-5-12(6-4-10)14-8-7-13(23-14)9-15-16(20)19(18(24)25-15)11(2)17(21)22/h3-9,11H,1-2H3,(H,21,22)/b15-9-. The number of hydrogen-bond acceptors (Lipinski definition) is 5. The molecule has 0 aliphatic carbocycles. The number of aliphatic carboxylic acids is 1. The van der Waals surface area contributed by atoms with Gasteiger partial charge in [0.15, 0.2) is 0 Å². The summed E-state index contributed by atoms with van der Waals surface area (Å²) in [7, 11) is 0. The second-order valence-electron chi connectivity index (χ2n) is 5.63. The molecule has 1 aliphatic rings. The number of carbonyl (C=O) groups is 2. The summed E-state index contributed by atoms with van der Waals surface area (Å²) in [6, 6.07) is 10.5. The molecule has 1 aliphatic heterocycles. The number of thioether (sulfide) groups is 1. The summed E-state index contributed by atoms with van der Waals surface area (Å²) in [6.07, 6.45) is 1.59. The number of aryl methyl sites for hydroxylation is 1. The average Bonchev–Trinajstić information content (AvgIpc) is 3.13. The number of hydrogen-bond donors (Lipinski definition) is 1. The van der Waals surface area contributed by atoms with E-state index in [2.05, 4.69) is 0 Å². The predicted molar refractivity (Wildman–Crippen MR) is 101 cm³/mol. The molecular formula is C18H15NO4S2. The third-order valence-corrected chi connectivity index (χ3v) is 5.13. The van der Waals surface area contributed by atoms with E-state index in [1.807, 2.05) is 37.3 Å². The lowest BCUT2D eigenvalue weighted by molar-refractivity contribution is -0.144. The molecule has 0 spiro atoms. The highest BCUT2D eigenvalue weighted by molar-refractivity contribution is 8.26. The van der Waals surface area contributed by atoms with Crippen LogP contribution in [0.15, 0.2) is 45.7 Å². The number of nitrogens with zero attached hydrogens (tertiary/aromatic N) is 1. The quantitative estimate of drug-likeness (QED) is 0.647. The van der Waals surface area contributed by atoms with Gasteiger partial charge < -0.3 is 9.52 Å². The normalized spacial score (nSPS) is 17.4. The van der Waals surface area contributed by atoms with E-state index in [0.717, 1.165) is 27.8 Å². The Balaban J connectivity index is 1.84. The highest BCUT2D eigenvalue weighted by Crippen LogP contribution is 2.34. The Hall–Kier alpha value is -2.38. The Morgan fingerprint density at radius 1 is 1.28 bits per heavy atom. The second-order valence-corrected chi connectivity index (χ2v) is 7.31. The van der Waals surface area contributed by atoms with E-state index < -0.39 is 17.9 Å². The molecule has 0 saturated carbocycles. The van der Waals surface area contributed by atoms with E-state index in [-0.39, 0.29) is 4.32 Å². The molecule has 2 heterocycles. The molecule has 0 radical (unpaired) electrons. The van der Waals surface area contributed by atoms with Crippen molar-refractivity contribution in [3.05, 3.63) is 52.6 Å². The van der Waals surface area contributed by atoms with E-state index >= 15 is 0 Å². The Kier molecular flexibility index (Phi) is 4.78. The van der Waals surface area contributed by atoms with E-state index in [0.29, 0.717) is 16.4 Å². The molecule has 1 atom stereocenters. The van der Waals surface area contributed by atoms with E-state index in [9.17, 15) is 9.59 Å². The Labute approximate surface area is 154 Å². The lowest BCUT2D eigenvalue weighted by atomic mass is 10.1. The van der Waals surface area contributed by atoms with Crippen molar-refractivity contribution in [1.82, 2.24) is 4.90 Å². The topological polar surface area (TPSA) is 70.8 Å². The van der Waals surface area contributed by atoms with E-state index in [4.69, 9.17) is 21.7 Å². The minimum atomic E-state index is -1.10. The van der Waals surface area contributed by atoms with Gasteiger partial charge in [0.2, 0.25) is 0 Å². The monoisotopic (exact) mass is 373 g/mol. The molecule has 1 aromatic carbocycles. The number of amides is 1. The Morgan fingerprint density at radius 2 is 1.96 bits per heavy atom. The first-order valence-electron chi connectivity index (χ1n) is 7.53. The van der Waals surface area contributed by atoms with E-state index in [1.165, 1.54) is 6.92 Å². The molecule has 128 valence electrons. The zero-order chi connectivity index (χ0) is 18.1. The van der Waals surface area contributed by atoms with Crippen molar-refractivity contribution in [1.29, 1.82) is 0 Å². The van der Waals surface area contributed by atoms with Gasteiger partial charge in [-0.1, -0.05) is 53.8 Å². The van der Waals surface area contributed by atoms with Crippen LogP contribution in [0.3, 0.4) is 0 Å². The van der Waals surface area contributed by atoms with Crippen molar-refractivity contribution in [3.63, 3.8) is 0 Å². The maximum absolute atomic E-state index is 12.4. The summed E-state index contributed by atoms with van der Waals surface area (Å²) in [4.78, 5) is 25.0. The van der Waals surface area contributed by atoms with Crippen molar-refractivity contribution in [3.8, 4) is 11.3 Å². The van der Waals surface area contributed by atoms with Crippen LogP contribution in [0.4, 0.5) is 0 Å². The zero-order valence-electron chi connectivity index (χ0n) is 13.6. The highest BCUT2D eigenvalue weighted by atomic mass is 32.2. The second kappa shape index (κ2) is 6.85. The summed E-state index contributed by atoms with van der Waals surface area (Å²) >= 11 is 6.21. The fourth-order valence-electron chi connectivity index (χ4n) is 2.36. The van der Waals surface area contributed by atoms with Crippen LogP contribution < -0.4 is 0 Å². The van der Waals surface area contributed by atoms with Crippen LogP contribution in [0.1, 0.15) is 18.2 Å². The summed E-state index contributed by atoms with van der Waals surface area (Å²) in [5.74, 6) is -0.310. The molecule has 2 aromatic rings. The maximum Gasteiger partial charge on any atom is 0.326 e. The first kappa shape index (κ1) is 17.4. The molecule has 3 rings (SSSR count). The van der Waals surface area contributed by atoms with Gasteiger partial charge in [0.05, 0.1) is 4.91 Å². The number of carboxylic acid groups (broad SMARTS) is 1. The molecular weight excluding hydrogens is 358 g/mol. The molecule has 7 heteroatoms. The number of furan rings is 1. The molecule has 0 bridgehead atoms. The minimum absolute atomic E-state index is 0.233. The van der Waals surface area contributed by atoms with Gasteiger partial charge in [-0.3, -0.25) is 9.69 Å². The smallest absolute Gasteiger partial charge is 0.326 e. The van der Waals surface area contributed by atoms with Gasteiger partial charge in [0, 0.05) is 11.6 Å². The first-order chi connectivity index (χ1) is 11.9. The van der Waals surface area contributed by atoms with Crippen molar-refractivity contribution in [2.24, 2.45) is 0 Å². The van der Waals surface area contributed by atoms with Crippen LogP contribution in [-0.2, 0) is 9.59 Å². The molecule has 1 N–H and O–H groups in total. The first-order valence-corrected chi connectivity index (χ1v) is 8.76. The molecule has 1 saturated heterocycles. The third-order valence-electron chi connectivity index (χ3n) is 3.80. The maximum atomic E-state index is 12.4. The molecule has 25 heavy (non-hydrogen) atoms. The van der Waals surface area contributed by atoms with Crippen LogP contribution in [0.2, 0.25) is 0 Å². The number of carboxylic acids is 1. The van der Waals surface area contributed by atoms with Gasteiger partial charge in [-0.15, -0.1) is 0 Å². The van der Waals surface area contributed by atoms with Crippen molar-refractivity contribution in [2.75, 3.05) is 0 Å². The number of thiocarbonyl (C=S) groups is 1. The Bertz CT molecular complexity index is 883. The van der Waals surface area contributed by atoms with Gasteiger partial charge >= 0.3 is 5.97 Å². The van der Waals surface area contributed by atoms with Crippen LogP contribution in [0, 0.1) is 6.92 Å². The molecule has 1 aromatic heterocycles. The molecule has 1 amide bonds. The van der Waals surface area contributed by atoms with Gasteiger partial charge in [-0.2, -0.15) is 0 Å². The van der Waals surface area contributed by atoms with E-state index in [1.54, 1.807) is 12.1 Å². The average molecular weight is 373 g/mol. The summed E-state index contributed by atoms with van der Waals surface area (Å²) in [5.41, 5.74) is 2.10. The summed E-state index contributed by atoms with van der Waals surface area (Å²) in [5, 5.41) is 9.10. The summed E-state index contributed by atoms with van der Waals surface area (Å²) < 4.78 is 6.01. The fraction of sp³-hybridized carbons (Fsp3) is 0.167. The van der Waals surface area contributed by atoms with Crippen LogP contribution in [-0.4, -0.2) is 32.2 Å². The molecule has 1 fully saturated rings.